The monoisotopic (exact) mass is 375 g/mol. The fraction of sp³-hybridized carbons (Fsp3) is 0.200. The smallest absolute Gasteiger partial charge is 0 e. The van der Waals surface area contributed by atoms with E-state index >= 15 is 0 Å². The Morgan fingerprint density at radius 3 is 1.67 bits per heavy atom. The summed E-state index contributed by atoms with van der Waals surface area (Å²) in [4.78, 5) is 0. The Hall–Kier alpha value is -1.18. The van der Waals surface area contributed by atoms with Crippen LogP contribution >= 0.6 is 0 Å². The fourth-order valence-corrected chi connectivity index (χ4v) is 1.85. The zero-order chi connectivity index (χ0) is 9.71. The second-order valence-corrected chi connectivity index (χ2v) is 3.69. The van der Waals surface area contributed by atoms with Gasteiger partial charge in [-0.25, -0.2) is 0 Å². The van der Waals surface area contributed by atoms with Crippen LogP contribution in [-0.2, 0) is 34.5 Å². The molecule has 0 spiro atoms. The zero-order valence-electron chi connectivity index (χ0n) is 8.63. The molecule has 3 aliphatic rings. The molecule has 0 unspecified atom stereocenters. The number of fused-ring (bicyclic) bond motifs is 3. The Kier molecular flexibility index (Phi) is 2.37. The Morgan fingerprint density at radius 2 is 1.27 bits per heavy atom. The summed E-state index contributed by atoms with van der Waals surface area (Å²) >= 11 is 0. The first-order valence-electron chi connectivity index (χ1n) is 4.58. The van der Waals surface area contributed by atoms with Crippen LogP contribution in [0.5, 0.6) is 0 Å². The molecule has 0 atom stereocenters. The molecule has 3 aliphatic heterocycles. The Bertz CT molecular complexity index is 490. The number of nitrogens with zero attached hydrogens (tertiary/aromatic N) is 4. The van der Waals surface area contributed by atoms with Crippen LogP contribution in [0.3, 0.4) is 0 Å². The van der Waals surface area contributed by atoms with Crippen molar-refractivity contribution in [3.63, 3.8) is 0 Å². The van der Waals surface area contributed by atoms with Gasteiger partial charge in [0.05, 0.1) is 0 Å². The minimum absolute atomic E-state index is 0. The fourth-order valence-electron chi connectivity index (χ4n) is 1.85. The van der Waals surface area contributed by atoms with E-state index in [1.54, 1.807) is 0 Å². The van der Waals surface area contributed by atoms with Crippen molar-refractivity contribution in [1.29, 1.82) is 0 Å². The van der Waals surface area contributed by atoms with E-state index in [0.717, 1.165) is 0 Å². The van der Waals surface area contributed by atoms with Gasteiger partial charge in [-0.15, -0.1) is 24.5 Å². The molecular formula is C10H12N4Re-2. The molecule has 4 nitrogen and oxygen atoms in total. The largest absolute Gasteiger partial charge is 0.454 e. The summed E-state index contributed by atoms with van der Waals surface area (Å²) in [6.45, 7) is 0. The van der Waals surface area contributed by atoms with Crippen LogP contribution in [-0.4, -0.2) is 18.5 Å². The number of hydrogen-bond donors (Lipinski definition) is 0. The SMILES string of the molecule is Cn1cc2ccc3cn(C)[cH-]n-3n-2[cH-]1.[Re]. The Balaban J connectivity index is 0.000000853. The molecule has 0 bridgehead atoms. The normalized spacial score (nSPS) is 10.8. The van der Waals surface area contributed by atoms with E-state index in [1.807, 2.05) is 14.1 Å². The van der Waals surface area contributed by atoms with Crippen LogP contribution in [0.1, 0.15) is 0 Å². The van der Waals surface area contributed by atoms with Gasteiger partial charge in [-0.3, -0.25) is 0 Å². The van der Waals surface area contributed by atoms with Gasteiger partial charge in [-0.05, 0) is 26.7 Å². The van der Waals surface area contributed by atoms with E-state index in [-0.39, 0.29) is 20.4 Å². The van der Waals surface area contributed by atoms with Gasteiger partial charge in [-0.1, -0.05) is 11.4 Å². The van der Waals surface area contributed by atoms with E-state index < -0.39 is 0 Å². The third-order valence-electron chi connectivity index (χ3n) is 2.44. The predicted octanol–water partition coefficient (Wildman–Crippen LogP) is 1.38. The van der Waals surface area contributed by atoms with E-state index in [1.165, 1.54) is 11.4 Å². The molecule has 1 radical (unpaired) electrons. The average molecular weight is 374 g/mol. The second-order valence-electron chi connectivity index (χ2n) is 3.69. The minimum atomic E-state index is 0. The first kappa shape index (κ1) is 10.3. The minimum Gasteiger partial charge on any atom is -0.454 e. The van der Waals surface area contributed by atoms with Crippen LogP contribution < -0.4 is 0 Å². The molecule has 0 fully saturated rings. The maximum absolute atomic E-state index is 2.12. The maximum Gasteiger partial charge on any atom is 0 e. The molecule has 0 aromatic heterocycles. The van der Waals surface area contributed by atoms with Crippen molar-refractivity contribution in [2.75, 3.05) is 0 Å². The number of rotatable bonds is 0. The van der Waals surface area contributed by atoms with Crippen molar-refractivity contribution in [2.24, 2.45) is 14.1 Å². The molecule has 0 saturated heterocycles. The molecule has 0 N–H and O–H groups in total. The van der Waals surface area contributed by atoms with Gasteiger partial charge in [0.2, 0.25) is 0 Å². The molecule has 0 aromatic carbocycles. The van der Waals surface area contributed by atoms with Gasteiger partial charge >= 0.3 is 0 Å². The summed E-state index contributed by atoms with van der Waals surface area (Å²) in [5.74, 6) is 0. The summed E-state index contributed by atoms with van der Waals surface area (Å²) in [6.07, 6.45) is 8.31. The van der Waals surface area contributed by atoms with Gasteiger partial charge in [-0.2, -0.15) is 0 Å². The van der Waals surface area contributed by atoms with E-state index in [4.69, 9.17) is 0 Å². The number of hydrogen-bond acceptors (Lipinski definition) is 0. The molecule has 3 rings (SSSR count). The molecule has 5 heteroatoms. The van der Waals surface area contributed by atoms with E-state index in [2.05, 4.69) is 55.7 Å². The molecule has 15 heavy (non-hydrogen) atoms. The van der Waals surface area contributed by atoms with Crippen molar-refractivity contribution in [3.8, 4) is 11.4 Å². The molecule has 0 saturated carbocycles. The van der Waals surface area contributed by atoms with Crippen LogP contribution in [0.15, 0.2) is 37.2 Å². The van der Waals surface area contributed by atoms with E-state index in [9.17, 15) is 0 Å². The van der Waals surface area contributed by atoms with Crippen molar-refractivity contribution < 1.29 is 20.4 Å². The summed E-state index contributed by atoms with van der Waals surface area (Å²) < 4.78 is 8.34. The topological polar surface area (TPSA) is 19.7 Å². The van der Waals surface area contributed by atoms with Crippen molar-refractivity contribution in [3.05, 3.63) is 37.2 Å². The summed E-state index contributed by atoms with van der Waals surface area (Å²) in [6, 6.07) is 4.24. The predicted molar refractivity (Wildman–Crippen MR) is 54.2 cm³/mol. The van der Waals surface area contributed by atoms with Gasteiger partial charge in [0.25, 0.3) is 0 Å². The Labute approximate surface area is 102 Å². The van der Waals surface area contributed by atoms with E-state index in [0.29, 0.717) is 0 Å². The van der Waals surface area contributed by atoms with Gasteiger partial charge in [0.15, 0.2) is 0 Å². The summed E-state index contributed by atoms with van der Waals surface area (Å²) in [5.41, 5.74) is 2.38. The summed E-state index contributed by atoms with van der Waals surface area (Å²) in [5, 5.41) is 0. The standard InChI is InChI=1S/C10H12N4.Re/c1-11-5-9-3-4-10-6-12(2)8-14(10)13(9)7-11;/h3-8H,1-2H3;/q-2;. The van der Waals surface area contributed by atoms with Crippen molar-refractivity contribution in [2.45, 2.75) is 0 Å². The first-order valence-corrected chi connectivity index (χ1v) is 4.58. The Morgan fingerprint density at radius 1 is 0.867 bits per heavy atom. The summed E-state index contributed by atoms with van der Waals surface area (Å²) in [7, 11) is 4.06. The quantitative estimate of drug-likeness (QED) is 0.530. The van der Waals surface area contributed by atoms with Gasteiger partial charge in [0.1, 0.15) is 0 Å². The molecule has 81 valence electrons. The molecular weight excluding hydrogens is 362 g/mol. The van der Waals surface area contributed by atoms with Crippen LogP contribution in [0.2, 0.25) is 0 Å². The zero-order valence-corrected chi connectivity index (χ0v) is 11.3. The molecule has 0 aromatic rings. The van der Waals surface area contributed by atoms with Gasteiger partial charge < -0.3 is 18.5 Å². The maximum atomic E-state index is 2.12. The van der Waals surface area contributed by atoms with Crippen molar-refractivity contribution in [1.82, 2.24) is 18.5 Å². The van der Waals surface area contributed by atoms with Crippen LogP contribution in [0.25, 0.3) is 11.4 Å². The molecule has 0 aliphatic carbocycles. The van der Waals surface area contributed by atoms with Crippen LogP contribution in [0, 0.1) is 0 Å². The first-order chi connectivity index (χ1) is 6.74. The number of aryl methyl sites for hydroxylation is 2. The second kappa shape index (κ2) is 3.44. The van der Waals surface area contributed by atoms with Gasteiger partial charge in [0, 0.05) is 20.4 Å². The molecule has 3 heterocycles. The number of aromatic nitrogens is 4. The van der Waals surface area contributed by atoms with Crippen LogP contribution in [0.4, 0.5) is 0 Å². The average Bonchev–Trinajstić information content (AvgIpc) is 2.65. The number of imidazole rings is 2. The molecule has 0 amide bonds. The van der Waals surface area contributed by atoms with Crippen molar-refractivity contribution >= 4 is 0 Å². The third-order valence-corrected chi connectivity index (χ3v) is 2.44. The third kappa shape index (κ3) is 1.48.